The molecule has 0 bridgehead atoms. The molecule has 0 aromatic carbocycles. The Balaban J connectivity index is 3.20. The molecule has 0 aliphatic rings. The van der Waals surface area contributed by atoms with Crippen molar-refractivity contribution in [3.05, 3.63) is 0 Å². The van der Waals surface area contributed by atoms with Crippen LogP contribution in [0.2, 0.25) is 0 Å². The Morgan fingerprint density at radius 1 is 1.50 bits per heavy atom. The average molecular weight is 190 g/mol. The van der Waals surface area contributed by atoms with E-state index in [2.05, 4.69) is 6.92 Å². The summed E-state index contributed by atoms with van der Waals surface area (Å²) in [5, 5.41) is 0. The highest BCUT2D eigenvalue weighted by Gasteiger charge is 2.05. The van der Waals surface area contributed by atoms with Crippen molar-refractivity contribution in [1.29, 1.82) is 0 Å². The highest BCUT2D eigenvalue weighted by Crippen LogP contribution is 2.10. The van der Waals surface area contributed by atoms with Crippen molar-refractivity contribution in [2.75, 3.05) is 5.75 Å². The first-order valence-electron chi connectivity index (χ1n) is 4.49. The molecule has 0 fully saturated rings. The number of hydrogen-bond donors (Lipinski definition) is 0. The third-order valence-corrected chi connectivity index (χ3v) is 2.07. The molecule has 0 rings (SSSR count). The maximum absolute atomic E-state index is 11.0. The van der Waals surface area contributed by atoms with Gasteiger partial charge < -0.3 is 4.18 Å². The molecule has 0 radical (unpaired) electrons. The van der Waals surface area contributed by atoms with Crippen LogP contribution in [0.25, 0.3) is 0 Å². The van der Waals surface area contributed by atoms with Gasteiger partial charge in [-0.2, -0.15) is 0 Å². The highest BCUT2D eigenvalue weighted by molar-refractivity contribution is 7.95. The van der Waals surface area contributed by atoms with Gasteiger partial charge in [-0.25, -0.2) is 0 Å². The molecule has 0 unspecified atom stereocenters. The minimum Gasteiger partial charge on any atom is -0.391 e. The van der Waals surface area contributed by atoms with Crippen LogP contribution in [0.4, 0.5) is 0 Å². The normalized spacial score (nSPS) is 10.3. The summed E-state index contributed by atoms with van der Waals surface area (Å²) in [7, 11) is 0. The standard InChI is InChI=1S/C9H18O2S/c1-4-5-6-12-11-9(10)7-8(2)3/h8H,4-7H2,1-3H3. The van der Waals surface area contributed by atoms with Gasteiger partial charge in [-0.15, -0.1) is 0 Å². The van der Waals surface area contributed by atoms with E-state index in [4.69, 9.17) is 4.18 Å². The number of carbonyl (C=O) groups excluding carboxylic acids is 1. The Morgan fingerprint density at radius 2 is 2.17 bits per heavy atom. The fourth-order valence-corrected chi connectivity index (χ4v) is 1.37. The summed E-state index contributed by atoms with van der Waals surface area (Å²) in [5.74, 6) is 1.22. The van der Waals surface area contributed by atoms with Gasteiger partial charge in [0.15, 0.2) is 0 Å². The first-order chi connectivity index (χ1) is 5.66. The quantitative estimate of drug-likeness (QED) is 0.475. The van der Waals surface area contributed by atoms with Crippen LogP contribution >= 0.6 is 12.0 Å². The molecular weight excluding hydrogens is 172 g/mol. The maximum Gasteiger partial charge on any atom is 0.318 e. The molecule has 0 aromatic rings. The van der Waals surface area contributed by atoms with Crippen LogP contribution in [-0.4, -0.2) is 11.7 Å². The van der Waals surface area contributed by atoms with E-state index in [0.717, 1.165) is 18.6 Å². The van der Waals surface area contributed by atoms with Crippen molar-refractivity contribution in [2.24, 2.45) is 5.92 Å². The van der Waals surface area contributed by atoms with Gasteiger partial charge in [0.25, 0.3) is 0 Å². The molecule has 0 saturated carbocycles. The van der Waals surface area contributed by atoms with Crippen LogP contribution in [0.15, 0.2) is 0 Å². The van der Waals surface area contributed by atoms with Gasteiger partial charge in [0.1, 0.15) is 0 Å². The second kappa shape index (κ2) is 7.47. The minimum absolute atomic E-state index is 0.0916. The molecule has 2 nitrogen and oxygen atoms in total. The van der Waals surface area contributed by atoms with Crippen LogP contribution in [0.5, 0.6) is 0 Å². The van der Waals surface area contributed by atoms with E-state index in [1.165, 1.54) is 12.0 Å². The molecule has 0 aliphatic carbocycles. The van der Waals surface area contributed by atoms with E-state index < -0.39 is 0 Å². The first-order valence-corrected chi connectivity index (χ1v) is 5.40. The van der Waals surface area contributed by atoms with E-state index in [-0.39, 0.29) is 5.97 Å². The lowest BCUT2D eigenvalue weighted by Crippen LogP contribution is -2.03. The third kappa shape index (κ3) is 7.92. The van der Waals surface area contributed by atoms with E-state index in [9.17, 15) is 4.79 Å². The van der Waals surface area contributed by atoms with Gasteiger partial charge in [-0.1, -0.05) is 27.2 Å². The van der Waals surface area contributed by atoms with Crippen molar-refractivity contribution >= 4 is 18.0 Å². The molecular formula is C9H18O2S. The topological polar surface area (TPSA) is 26.3 Å². The van der Waals surface area contributed by atoms with E-state index in [0.29, 0.717) is 12.3 Å². The summed E-state index contributed by atoms with van der Waals surface area (Å²) in [4.78, 5) is 11.0. The number of rotatable bonds is 6. The largest absolute Gasteiger partial charge is 0.391 e. The van der Waals surface area contributed by atoms with Gasteiger partial charge >= 0.3 is 5.97 Å². The Kier molecular flexibility index (Phi) is 7.36. The zero-order chi connectivity index (χ0) is 9.40. The minimum atomic E-state index is -0.0916. The molecule has 0 amide bonds. The summed E-state index contributed by atoms with van der Waals surface area (Å²) in [6.45, 7) is 6.15. The molecule has 3 heteroatoms. The number of hydrogen-bond acceptors (Lipinski definition) is 3. The SMILES string of the molecule is CCCCSOC(=O)CC(C)C. The summed E-state index contributed by atoms with van der Waals surface area (Å²) >= 11 is 1.28. The predicted octanol–water partition coefficient (Wildman–Crippen LogP) is 3.02. The molecule has 0 saturated heterocycles. The number of unbranched alkanes of at least 4 members (excludes halogenated alkanes) is 1. The molecule has 0 aromatic heterocycles. The van der Waals surface area contributed by atoms with Crippen LogP contribution in [0.1, 0.15) is 40.0 Å². The lowest BCUT2D eigenvalue weighted by molar-refractivity contribution is -0.133. The first kappa shape index (κ1) is 11.8. The lowest BCUT2D eigenvalue weighted by atomic mass is 10.1. The molecule has 12 heavy (non-hydrogen) atoms. The van der Waals surface area contributed by atoms with Crippen LogP contribution < -0.4 is 0 Å². The molecule has 0 heterocycles. The second-order valence-electron chi connectivity index (χ2n) is 3.23. The Bertz CT molecular complexity index is 124. The lowest BCUT2D eigenvalue weighted by Gasteiger charge is -2.03. The van der Waals surface area contributed by atoms with E-state index in [1.54, 1.807) is 0 Å². The molecule has 72 valence electrons. The zero-order valence-corrected chi connectivity index (χ0v) is 8.95. The van der Waals surface area contributed by atoms with Crippen molar-refractivity contribution in [2.45, 2.75) is 40.0 Å². The monoisotopic (exact) mass is 190 g/mol. The second-order valence-corrected chi connectivity index (χ2v) is 4.04. The zero-order valence-electron chi connectivity index (χ0n) is 8.13. The molecule has 0 atom stereocenters. The van der Waals surface area contributed by atoms with Crippen molar-refractivity contribution in [3.8, 4) is 0 Å². The number of carbonyl (C=O) groups is 1. The smallest absolute Gasteiger partial charge is 0.318 e. The van der Waals surface area contributed by atoms with E-state index in [1.807, 2.05) is 13.8 Å². The summed E-state index contributed by atoms with van der Waals surface area (Å²) in [5.41, 5.74) is 0. The Hall–Kier alpha value is -0.180. The summed E-state index contributed by atoms with van der Waals surface area (Å²) in [6.07, 6.45) is 2.79. The van der Waals surface area contributed by atoms with Crippen LogP contribution in [-0.2, 0) is 8.98 Å². The fourth-order valence-electron chi connectivity index (χ4n) is 0.678. The van der Waals surface area contributed by atoms with E-state index >= 15 is 0 Å². The van der Waals surface area contributed by atoms with Crippen LogP contribution in [0.3, 0.4) is 0 Å². The maximum atomic E-state index is 11.0. The van der Waals surface area contributed by atoms with Gasteiger partial charge in [-0.05, 0) is 12.3 Å². The van der Waals surface area contributed by atoms with Crippen molar-refractivity contribution in [1.82, 2.24) is 0 Å². The van der Waals surface area contributed by atoms with Gasteiger partial charge in [0, 0.05) is 12.2 Å². The molecule has 0 N–H and O–H groups in total. The highest BCUT2D eigenvalue weighted by atomic mass is 32.2. The molecule has 0 spiro atoms. The van der Waals surface area contributed by atoms with Gasteiger partial charge in [0.2, 0.25) is 0 Å². The summed E-state index contributed by atoms with van der Waals surface area (Å²) < 4.78 is 4.93. The van der Waals surface area contributed by atoms with Crippen molar-refractivity contribution < 1.29 is 8.98 Å². The van der Waals surface area contributed by atoms with Gasteiger partial charge in [0.05, 0.1) is 12.0 Å². The third-order valence-electron chi connectivity index (χ3n) is 1.31. The average Bonchev–Trinajstić information content (AvgIpc) is 1.97. The van der Waals surface area contributed by atoms with Crippen LogP contribution in [0, 0.1) is 5.92 Å². The van der Waals surface area contributed by atoms with Gasteiger partial charge in [-0.3, -0.25) is 4.79 Å². The van der Waals surface area contributed by atoms with Crippen molar-refractivity contribution in [3.63, 3.8) is 0 Å². The summed E-state index contributed by atoms with van der Waals surface area (Å²) in [6, 6.07) is 0. The Morgan fingerprint density at radius 3 is 2.67 bits per heavy atom. The fraction of sp³-hybridized carbons (Fsp3) is 0.889. The Labute approximate surface area is 79.3 Å². The predicted molar refractivity (Wildman–Crippen MR) is 52.9 cm³/mol. The molecule has 0 aliphatic heterocycles.